The maximum absolute atomic E-state index is 12.1. The van der Waals surface area contributed by atoms with Gasteiger partial charge in [-0.15, -0.1) is 20.4 Å². The van der Waals surface area contributed by atoms with Crippen molar-refractivity contribution in [1.29, 1.82) is 0 Å². The van der Waals surface area contributed by atoms with Crippen LogP contribution in [0.4, 0.5) is 10.3 Å². The predicted molar refractivity (Wildman–Crippen MR) is 120 cm³/mol. The van der Waals surface area contributed by atoms with Gasteiger partial charge in [-0.25, -0.2) is 0 Å². The molecule has 0 aromatic carbocycles. The molecule has 0 saturated heterocycles. The third kappa shape index (κ3) is 5.81. The standard InChI is InChI=1S/C20H30N6O2S2/c1-19(2,3)15(27)21-17-25-23-13(29-17)10-11-7-8-12(9-11)14-24-26-18(30-14)22-16(28)20(4,5)6/h11-12H,7-10H2,1-6H3,(H,21,25,27)(H,22,26,28)/t11-,12?/m0/s1. The highest BCUT2D eigenvalue weighted by molar-refractivity contribution is 7.15. The number of amides is 2. The molecule has 0 radical (unpaired) electrons. The Morgan fingerprint density at radius 1 is 0.867 bits per heavy atom. The van der Waals surface area contributed by atoms with Gasteiger partial charge in [0.25, 0.3) is 0 Å². The van der Waals surface area contributed by atoms with E-state index in [4.69, 9.17) is 0 Å². The molecule has 1 fully saturated rings. The van der Waals surface area contributed by atoms with Crippen molar-refractivity contribution in [3.05, 3.63) is 10.0 Å². The Labute approximate surface area is 185 Å². The highest BCUT2D eigenvalue weighted by atomic mass is 32.1. The van der Waals surface area contributed by atoms with Crippen molar-refractivity contribution in [2.45, 2.75) is 73.1 Å². The van der Waals surface area contributed by atoms with Crippen LogP contribution in [-0.2, 0) is 16.0 Å². The zero-order chi connectivity index (χ0) is 22.1. The van der Waals surface area contributed by atoms with Crippen molar-refractivity contribution in [1.82, 2.24) is 20.4 Å². The van der Waals surface area contributed by atoms with Crippen LogP contribution in [0, 0.1) is 16.7 Å². The van der Waals surface area contributed by atoms with Crippen molar-refractivity contribution in [3.63, 3.8) is 0 Å². The first-order chi connectivity index (χ1) is 13.9. The van der Waals surface area contributed by atoms with Crippen LogP contribution < -0.4 is 10.6 Å². The summed E-state index contributed by atoms with van der Waals surface area (Å²) in [4.78, 5) is 24.2. The van der Waals surface area contributed by atoms with Gasteiger partial charge in [0.2, 0.25) is 22.1 Å². The number of nitrogens with zero attached hydrogens (tertiary/aromatic N) is 4. The van der Waals surface area contributed by atoms with E-state index in [1.807, 2.05) is 41.5 Å². The molecule has 2 amide bonds. The summed E-state index contributed by atoms with van der Waals surface area (Å²) in [5.41, 5.74) is -0.922. The van der Waals surface area contributed by atoms with Crippen LogP contribution in [0.2, 0.25) is 0 Å². The predicted octanol–water partition coefficient (Wildman–Crippen LogP) is 4.49. The molecule has 10 heteroatoms. The molecule has 2 atom stereocenters. The minimum Gasteiger partial charge on any atom is -0.300 e. The lowest BCUT2D eigenvalue weighted by molar-refractivity contribution is -0.123. The van der Waals surface area contributed by atoms with Crippen molar-refractivity contribution >= 4 is 44.8 Å². The molecule has 164 valence electrons. The summed E-state index contributed by atoms with van der Waals surface area (Å²) < 4.78 is 0. The molecule has 3 rings (SSSR count). The number of rotatable bonds is 5. The van der Waals surface area contributed by atoms with Crippen LogP contribution in [0.5, 0.6) is 0 Å². The summed E-state index contributed by atoms with van der Waals surface area (Å²) in [7, 11) is 0. The van der Waals surface area contributed by atoms with Gasteiger partial charge in [-0.2, -0.15) is 0 Å². The average molecular weight is 451 g/mol. The highest BCUT2D eigenvalue weighted by Crippen LogP contribution is 2.41. The number of carbonyl (C=O) groups is 2. The molecular weight excluding hydrogens is 420 g/mol. The number of hydrogen-bond acceptors (Lipinski definition) is 8. The van der Waals surface area contributed by atoms with E-state index in [2.05, 4.69) is 31.0 Å². The normalized spacial score (nSPS) is 19.7. The second kappa shape index (κ2) is 8.66. The molecule has 1 unspecified atom stereocenters. The number of nitrogens with one attached hydrogen (secondary N) is 2. The van der Waals surface area contributed by atoms with E-state index in [1.54, 1.807) is 0 Å². The molecule has 0 aliphatic heterocycles. The fourth-order valence-electron chi connectivity index (χ4n) is 3.14. The van der Waals surface area contributed by atoms with Gasteiger partial charge in [0, 0.05) is 23.2 Å². The third-order valence-corrected chi connectivity index (χ3v) is 6.93. The first-order valence-electron chi connectivity index (χ1n) is 10.2. The SMILES string of the molecule is CC(C)(C)C(=O)Nc1nnc(C[C@H]2CCC(c3nnc(NC(=O)C(C)(C)C)s3)C2)s1. The second-order valence-electron chi connectivity index (χ2n) is 9.93. The lowest BCUT2D eigenvalue weighted by atomic mass is 9.96. The Morgan fingerprint density at radius 2 is 1.43 bits per heavy atom. The molecule has 1 saturated carbocycles. The summed E-state index contributed by atoms with van der Waals surface area (Å²) in [5, 5.41) is 25.6. The maximum Gasteiger partial charge on any atom is 0.231 e. The van der Waals surface area contributed by atoms with Crippen molar-refractivity contribution in [2.24, 2.45) is 16.7 Å². The fraction of sp³-hybridized carbons (Fsp3) is 0.700. The van der Waals surface area contributed by atoms with Crippen molar-refractivity contribution < 1.29 is 9.59 Å². The minimum atomic E-state index is -0.461. The van der Waals surface area contributed by atoms with Gasteiger partial charge in [0.15, 0.2) is 0 Å². The van der Waals surface area contributed by atoms with Crippen LogP contribution in [0.1, 0.15) is 76.7 Å². The van der Waals surface area contributed by atoms with Crippen LogP contribution >= 0.6 is 22.7 Å². The molecule has 2 N–H and O–H groups in total. The average Bonchev–Trinajstić information content (AvgIpc) is 3.35. The molecule has 1 aliphatic carbocycles. The smallest absolute Gasteiger partial charge is 0.231 e. The Morgan fingerprint density at radius 3 is 2.03 bits per heavy atom. The highest BCUT2D eigenvalue weighted by Gasteiger charge is 2.30. The molecule has 2 aromatic rings. The zero-order valence-electron chi connectivity index (χ0n) is 18.4. The molecule has 8 nitrogen and oxygen atoms in total. The Bertz CT molecular complexity index is 909. The number of carbonyl (C=O) groups excluding carboxylic acids is 2. The van der Waals surface area contributed by atoms with Crippen LogP contribution in [0.3, 0.4) is 0 Å². The van der Waals surface area contributed by atoms with Gasteiger partial charge >= 0.3 is 0 Å². The summed E-state index contributed by atoms with van der Waals surface area (Å²) >= 11 is 2.92. The minimum absolute atomic E-state index is 0.0554. The number of anilines is 2. The van der Waals surface area contributed by atoms with Gasteiger partial charge in [0.05, 0.1) is 0 Å². The molecule has 0 spiro atoms. The fourth-order valence-corrected chi connectivity index (χ4v) is 4.87. The first kappa shape index (κ1) is 22.7. The quantitative estimate of drug-likeness (QED) is 0.695. The van der Waals surface area contributed by atoms with Gasteiger partial charge < -0.3 is 10.6 Å². The van der Waals surface area contributed by atoms with Crippen LogP contribution in [-0.4, -0.2) is 32.2 Å². The van der Waals surface area contributed by atoms with E-state index in [1.165, 1.54) is 22.7 Å². The Balaban J connectivity index is 1.53. The van der Waals surface area contributed by atoms with Crippen LogP contribution in [0.15, 0.2) is 0 Å². The molecule has 0 bridgehead atoms. The van der Waals surface area contributed by atoms with Crippen LogP contribution in [0.25, 0.3) is 0 Å². The Hall–Kier alpha value is -1.94. The van der Waals surface area contributed by atoms with Gasteiger partial charge in [-0.1, -0.05) is 64.2 Å². The third-order valence-electron chi connectivity index (χ3n) is 5.06. The lowest BCUT2D eigenvalue weighted by Gasteiger charge is -2.15. The number of aromatic nitrogens is 4. The van der Waals surface area contributed by atoms with Gasteiger partial charge in [0.1, 0.15) is 10.0 Å². The van der Waals surface area contributed by atoms with E-state index in [0.717, 1.165) is 35.7 Å². The molecule has 2 heterocycles. The monoisotopic (exact) mass is 450 g/mol. The molecule has 1 aliphatic rings. The molecule has 2 aromatic heterocycles. The Kier molecular flexibility index (Phi) is 6.57. The van der Waals surface area contributed by atoms with E-state index >= 15 is 0 Å². The maximum atomic E-state index is 12.1. The van der Waals surface area contributed by atoms with E-state index in [0.29, 0.717) is 22.1 Å². The van der Waals surface area contributed by atoms with Crippen molar-refractivity contribution in [3.8, 4) is 0 Å². The lowest BCUT2D eigenvalue weighted by Crippen LogP contribution is -2.27. The largest absolute Gasteiger partial charge is 0.300 e. The topological polar surface area (TPSA) is 110 Å². The first-order valence-corrected chi connectivity index (χ1v) is 11.8. The zero-order valence-corrected chi connectivity index (χ0v) is 20.0. The summed E-state index contributed by atoms with van der Waals surface area (Å²) in [5.74, 6) is 0.753. The van der Waals surface area contributed by atoms with E-state index in [9.17, 15) is 9.59 Å². The van der Waals surface area contributed by atoms with E-state index < -0.39 is 10.8 Å². The second-order valence-corrected chi connectivity index (χ2v) is 12.0. The van der Waals surface area contributed by atoms with Gasteiger partial charge in [-0.3, -0.25) is 9.59 Å². The molecular formula is C20H30N6O2S2. The van der Waals surface area contributed by atoms with Gasteiger partial charge in [-0.05, 0) is 25.2 Å². The summed E-state index contributed by atoms with van der Waals surface area (Å²) in [6.45, 7) is 11.2. The molecule has 30 heavy (non-hydrogen) atoms. The summed E-state index contributed by atoms with van der Waals surface area (Å²) in [6, 6.07) is 0. The van der Waals surface area contributed by atoms with E-state index in [-0.39, 0.29) is 11.8 Å². The summed E-state index contributed by atoms with van der Waals surface area (Å²) in [6.07, 6.45) is 4.02. The van der Waals surface area contributed by atoms with Crippen molar-refractivity contribution in [2.75, 3.05) is 10.6 Å². The number of hydrogen-bond donors (Lipinski definition) is 2.